The molecule has 1 aliphatic rings. The van der Waals surface area contributed by atoms with E-state index in [1.54, 1.807) is 0 Å². The first-order valence-corrected chi connectivity index (χ1v) is 7.73. The van der Waals surface area contributed by atoms with E-state index in [9.17, 15) is 0 Å². The van der Waals surface area contributed by atoms with Crippen LogP contribution >= 0.6 is 11.8 Å². The zero-order valence-corrected chi connectivity index (χ0v) is 12.3. The fourth-order valence-corrected chi connectivity index (χ4v) is 3.17. The molecule has 1 heterocycles. The first-order valence-electron chi connectivity index (χ1n) is 6.74. The molecule has 1 saturated heterocycles. The van der Waals surface area contributed by atoms with E-state index in [1.165, 1.54) is 23.3 Å². The molecule has 1 fully saturated rings. The van der Waals surface area contributed by atoms with Crippen molar-refractivity contribution in [3.63, 3.8) is 0 Å². The molecule has 1 aliphatic heterocycles. The van der Waals surface area contributed by atoms with Crippen LogP contribution in [0.2, 0.25) is 0 Å². The van der Waals surface area contributed by atoms with Gasteiger partial charge in [-0.3, -0.25) is 0 Å². The molecular weight excluding hydrogens is 242 g/mol. The van der Waals surface area contributed by atoms with Crippen molar-refractivity contribution < 1.29 is 4.74 Å². The topological polar surface area (TPSA) is 21.3 Å². The summed E-state index contributed by atoms with van der Waals surface area (Å²) in [5.41, 5.74) is 1.34. The van der Waals surface area contributed by atoms with E-state index < -0.39 is 0 Å². The van der Waals surface area contributed by atoms with E-state index in [1.807, 2.05) is 18.8 Å². The Labute approximate surface area is 114 Å². The van der Waals surface area contributed by atoms with Gasteiger partial charge in [0.25, 0.3) is 0 Å². The van der Waals surface area contributed by atoms with Crippen molar-refractivity contribution >= 4 is 11.8 Å². The Balaban J connectivity index is 1.83. The number of thioether (sulfide) groups is 1. The smallest absolute Gasteiger partial charge is 0.0673 e. The summed E-state index contributed by atoms with van der Waals surface area (Å²) in [6.07, 6.45) is 3.32. The standard InChI is InChI=1S/C15H23NOS/c1-11-4-7-14(17-11)10-18-15-8-5-13(6-9-15)12(2)16-3/h5-6,8-9,11-12,14,16H,4,7,10H2,1-3H3. The molecule has 0 aromatic heterocycles. The largest absolute Gasteiger partial charge is 0.374 e. The number of rotatable bonds is 5. The summed E-state index contributed by atoms with van der Waals surface area (Å²) in [5.74, 6) is 1.07. The van der Waals surface area contributed by atoms with Gasteiger partial charge in [0.2, 0.25) is 0 Å². The summed E-state index contributed by atoms with van der Waals surface area (Å²) in [4.78, 5) is 1.34. The molecule has 1 aromatic rings. The summed E-state index contributed by atoms with van der Waals surface area (Å²) in [7, 11) is 1.99. The van der Waals surface area contributed by atoms with Crippen LogP contribution in [-0.2, 0) is 4.74 Å². The Kier molecular flexibility index (Phi) is 5.10. The second-order valence-electron chi connectivity index (χ2n) is 5.04. The summed E-state index contributed by atoms with van der Waals surface area (Å²) >= 11 is 1.90. The van der Waals surface area contributed by atoms with E-state index in [2.05, 4.69) is 43.4 Å². The zero-order valence-electron chi connectivity index (χ0n) is 11.5. The maximum absolute atomic E-state index is 5.83. The lowest BCUT2D eigenvalue weighted by Gasteiger charge is -2.12. The van der Waals surface area contributed by atoms with Crippen LogP contribution in [0.5, 0.6) is 0 Å². The first kappa shape index (κ1) is 13.9. The van der Waals surface area contributed by atoms with E-state index in [0.29, 0.717) is 18.2 Å². The van der Waals surface area contributed by atoms with Crippen molar-refractivity contribution in [2.24, 2.45) is 0 Å². The third kappa shape index (κ3) is 3.74. The molecule has 3 atom stereocenters. The number of nitrogens with one attached hydrogen (secondary N) is 1. The van der Waals surface area contributed by atoms with Gasteiger partial charge in [0, 0.05) is 16.7 Å². The molecule has 0 amide bonds. The van der Waals surface area contributed by atoms with Gasteiger partial charge in [-0.25, -0.2) is 0 Å². The van der Waals surface area contributed by atoms with Crippen LogP contribution in [-0.4, -0.2) is 25.0 Å². The Bertz CT molecular complexity index is 365. The maximum atomic E-state index is 5.83. The van der Waals surface area contributed by atoms with Gasteiger partial charge < -0.3 is 10.1 Å². The third-order valence-corrected chi connectivity index (χ3v) is 4.71. The molecule has 2 nitrogen and oxygen atoms in total. The predicted molar refractivity (Wildman–Crippen MR) is 78.2 cm³/mol. The molecule has 1 aromatic carbocycles. The molecule has 1 N–H and O–H groups in total. The zero-order chi connectivity index (χ0) is 13.0. The average Bonchev–Trinajstić information content (AvgIpc) is 2.82. The molecular formula is C15H23NOS. The molecule has 0 saturated carbocycles. The van der Waals surface area contributed by atoms with Gasteiger partial charge in [0.15, 0.2) is 0 Å². The van der Waals surface area contributed by atoms with Crippen LogP contribution in [0.1, 0.15) is 38.3 Å². The van der Waals surface area contributed by atoms with Crippen LogP contribution in [0.25, 0.3) is 0 Å². The first-order chi connectivity index (χ1) is 8.69. The summed E-state index contributed by atoms with van der Waals surface area (Å²) < 4.78 is 5.83. The number of hydrogen-bond donors (Lipinski definition) is 1. The Hall–Kier alpha value is -0.510. The number of ether oxygens (including phenoxy) is 1. The van der Waals surface area contributed by atoms with Crippen molar-refractivity contribution in [2.75, 3.05) is 12.8 Å². The van der Waals surface area contributed by atoms with Crippen LogP contribution < -0.4 is 5.32 Å². The highest BCUT2D eigenvalue weighted by atomic mass is 32.2. The summed E-state index contributed by atoms with van der Waals surface area (Å²) in [5, 5.41) is 3.26. The fourth-order valence-electron chi connectivity index (χ4n) is 2.22. The maximum Gasteiger partial charge on any atom is 0.0673 e. The Morgan fingerprint density at radius 2 is 2.06 bits per heavy atom. The molecule has 0 aliphatic carbocycles. The summed E-state index contributed by atoms with van der Waals surface area (Å²) in [6, 6.07) is 9.27. The van der Waals surface area contributed by atoms with Crippen LogP contribution in [0.3, 0.4) is 0 Å². The van der Waals surface area contributed by atoms with E-state index >= 15 is 0 Å². The molecule has 0 spiro atoms. The van der Waals surface area contributed by atoms with Crippen molar-refractivity contribution in [1.29, 1.82) is 0 Å². The van der Waals surface area contributed by atoms with Gasteiger partial charge in [0.05, 0.1) is 12.2 Å². The monoisotopic (exact) mass is 265 g/mol. The second kappa shape index (κ2) is 6.60. The highest BCUT2D eigenvalue weighted by Crippen LogP contribution is 2.27. The van der Waals surface area contributed by atoms with Crippen LogP contribution in [0.4, 0.5) is 0 Å². The number of benzene rings is 1. The molecule has 2 rings (SSSR count). The average molecular weight is 265 g/mol. The lowest BCUT2D eigenvalue weighted by atomic mass is 10.1. The molecule has 18 heavy (non-hydrogen) atoms. The van der Waals surface area contributed by atoms with Gasteiger partial charge in [-0.15, -0.1) is 11.8 Å². The third-order valence-electron chi connectivity index (χ3n) is 3.57. The second-order valence-corrected chi connectivity index (χ2v) is 6.13. The highest BCUT2D eigenvalue weighted by molar-refractivity contribution is 7.99. The molecule has 100 valence electrons. The van der Waals surface area contributed by atoms with Gasteiger partial charge in [0.1, 0.15) is 0 Å². The number of hydrogen-bond acceptors (Lipinski definition) is 3. The van der Waals surface area contributed by atoms with Crippen molar-refractivity contribution in [1.82, 2.24) is 5.32 Å². The van der Waals surface area contributed by atoms with Crippen molar-refractivity contribution in [3.05, 3.63) is 29.8 Å². The Morgan fingerprint density at radius 3 is 2.61 bits per heavy atom. The van der Waals surface area contributed by atoms with Crippen molar-refractivity contribution in [3.8, 4) is 0 Å². The molecule has 3 unspecified atom stereocenters. The van der Waals surface area contributed by atoms with Gasteiger partial charge in [-0.2, -0.15) is 0 Å². The SMILES string of the molecule is CNC(C)c1ccc(SCC2CCC(C)O2)cc1. The highest BCUT2D eigenvalue weighted by Gasteiger charge is 2.21. The van der Waals surface area contributed by atoms with Crippen molar-refractivity contribution in [2.45, 2.75) is 49.8 Å². The minimum Gasteiger partial charge on any atom is -0.374 e. The van der Waals surface area contributed by atoms with E-state index in [0.717, 1.165) is 5.75 Å². The normalized spacial score (nSPS) is 25.3. The summed E-state index contributed by atoms with van der Waals surface area (Å²) in [6.45, 7) is 4.34. The van der Waals surface area contributed by atoms with E-state index in [-0.39, 0.29) is 0 Å². The molecule has 3 heteroatoms. The van der Waals surface area contributed by atoms with Gasteiger partial charge in [-0.1, -0.05) is 12.1 Å². The van der Waals surface area contributed by atoms with E-state index in [4.69, 9.17) is 4.74 Å². The van der Waals surface area contributed by atoms with Crippen LogP contribution in [0, 0.1) is 0 Å². The predicted octanol–water partition coefficient (Wildman–Crippen LogP) is 3.63. The fraction of sp³-hybridized carbons (Fsp3) is 0.600. The molecule has 0 bridgehead atoms. The lowest BCUT2D eigenvalue weighted by Crippen LogP contribution is -2.12. The quantitative estimate of drug-likeness (QED) is 0.822. The van der Waals surface area contributed by atoms with Gasteiger partial charge in [-0.05, 0) is 51.4 Å². The van der Waals surface area contributed by atoms with Crippen LogP contribution in [0.15, 0.2) is 29.2 Å². The lowest BCUT2D eigenvalue weighted by molar-refractivity contribution is 0.0700. The van der Waals surface area contributed by atoms with Gasteiger partial charge >= 0.3 is 0 Å². The molecule has 0 radical (unpaired) electrons. The minimum atomic E-state index is 0.420. The minimum absolute atomic E-state index is 0.420. The Morgan fingerprint density at radius 1 is 1.33 bits per heavy atom.